The number of halogens is 3. The van der Waals surface area contributed by atoms with Crippen LogP contribution in [0.5, 0.6) is 0 Å². The van der Waals surface area contributed by atoms with Gasteiger partial charge in [0.25, 0.3) is 0 Å². The largest absolute Gasteiger partial charge is 0.415 e. The van der Waals surface area contributed by atoms with Crippen LogP contribution < -0.4 is 5.73 Å². The smallest absolute Gasteiger partial charge is 0.407 e. The second kappa shape index (κ2) is 2.98. The summed E-state index contributed by atoms with van der Waals surface area (Å²) in [6.45, 7) is 6.56. The van der Waals surface area contributed by atoms with E-state index in [0.717, 1.165) is 18.2 Å². The lowest BCUT2D eigenvalue weighted by Gasteiger charge is -2.07. The number of alkyl halides is 3. The van der Waals surface area contributed by atoms with E-state index in [1.165, 1.54) is 0 Å². The Hall–Kier alpha value is -1.70. The van der Waals surface area contributed by atoms with Gasteiger partial charge in [-0.25, -0.2) is 4.85 Å². The van der Waals surface area contributed by atoms with Gasteiger partial charge < -0.3 is 5.73 Å². The van der Waals surface area contributed by atoms with Crippen molar-refractivity contribution in [2.24, 2.45) is 0 Å². The van der Waals surface area contributed by atoms with Crippen LogP contribution in [0.4, 0.5) is 24.5 Å². The van der Waals surface area contributed by atoms with Gasteiger partial charge in [-0.2, -0.15) is 13.2 Å². The average Bonchev–Trinajstić information content (AvgIpc) is 2.03. The number of nitrogens with two attached hydrogens (primary N) is 1. The standard InChI is InChI=1S/C8H5F3N2/c1-13-7-4-5(8(9,10)11)2-3-6(7)12/h2-4H,12H2. The molecule has 2 nitrogen and oxygen atoms in total. The van der Waals surface area contributed by atoms with Gasteiger partial charge in [-0.3, -0.25) is 0 Å². The predicted octanol–water partition coefficient (Wildman–Crippen LogP) is 2.84. The quantitative estimate of drug-likeness (QED) is 0.490. The van der Waals surface area contributed by atoms with Crippen molar-refractivity contribution in [2.75, 3.05) is 5.73 Å². The van der Waals surface area contributed by atoms with Crippen LogP contribution in [0, 0.1) is 6.57 Å². The summed E-state index contributed by atoms with van der Waals surface area (Å²) in [6.07, 6.45) is -4.42. The first-order valence-electron chi connectivity index (χ1n) is 3.29. The molecule has 1 rings (SSSR count). The van der Waals surface area contributed by atoms with Crippen LogP contribution >= 0.6 is 0 Å². The Balaban J connectivity index is 3.24. The molecule has 0 aliphatic rings. The summed E-state index contributed by atoms with van der Waals surface area (Å²) in [7, 11) is 0. The first kappa shape index (κ1) is 9.39. The minimum Gasteiger partial charge on any atom is -0.407 e. The summed E-state index contributed by atoms with van der Waals surface area (Å²) < 4.78 is 36.3. The van der Waals surface area contributed by atoms with Crippen molar-refractivity contribution in [1.29, 1.82) is 0 Å². The third kappa shape index (κ3) is 1.90. The zero-order valence-electron chi connectivity index (χ0n) is 6.39. The van der Waals surface area contributed by atoms with E-state index in [9.17, 15) is 13.2 Å². The molecule has 0 fully saturated rings. The Labute approximate surface area is 72.6 Å². The molecule has 0 atom stereocenters. The van der Waals surface area contributed by atoms with E-state index < -0.39 is 11.7 Å². The van der Waals surface area contributed by atoms with Gasteiger partial charge >= 0.3 is 6.18 Å². The number of nitrogens with zero attached hydrogens (tertiary/aromatic N) is 1. The van der Waals surface area contributed by atoms with Gasteiger partial charge in [0.15, 0.2) is 0 Å². The van der Waals surface area contributed by atoms with Crippen molar-refractivity contribution >= 4 is 11.4 Å². The number of benzene rings is 1. The molecule has 0 saturated heterocycles. The zero-order chi connectivity index (χ0) is 10.1. The van der Waals surface area contributed by atoms with Gasteiger partial charge in [-0.15, -0.1) is 0 Å². The van der Waals surface area contributed by atoms with Crippen LogP contribution in [0.2, 0.25) is 0 Å². The fourth-order valence-corrected chi connectivity index (χ4v) is 0.817. The van der Waals surface area contributed by atoms with Crippen LogP contribution in [0.1, 0.15) is 5.56 Å². The molecule has 0 unspecified atom stereocenters. The molecule has 2 N–H and O–H groups in total. The lowest BCUT2D eigenvalue weighted by atomic mass is 10.1. The van der Waals surface area contributed by atoms with E-state index in [1.807, 2.05) is 0 Å². The number of rotatable bonds is 0. The van der Waals surface area contributed by atoms with Gasteiger partial charge in [-0.1, -0.05) is 6.07 Å². The van der Waals surface area contributed by atoms with E-state index in [1.54, 1.807) is 0 Å². The Morgan fingerprint density at radius 3 is 2.38 bits per heavy atom. The monoisotopic (exact) mass is 186 g/mol. The van der Waals surface area contributed by atoms with Crippen molar-refractivity contribution in [3.8, 4) is 0 Å². The summed E-state index contributed by atoms with van der Waals surface area (Å²) in [6, 6.07) is 2.67. The molecule has 0 amide bonds. The minimum absolute atomic E-state index is 0.0583. The highest BCUT2D eigenvalue weighted by Crippen LogP contribution is 2.33. The molecule has 0 aromatic heterocycles. The maximum Gasteiger partial charge on any atom is 0.415 e. The van der Waals surface area contributed by atoms with Crippen LogP contribution in [0.3, 0.4) is 0 Å². The summed E-state index contributed by atoms with van der Waals surface area (Å²) in [5.74, 6) is 0. The van der Waals surface area contributed by atoms with Crippen LogP contribution in [-0.2, 0) is 6.18 Å². The van der Waals surface area contributed by atoms with Gasteiger partial charge in [0, 0.05) is 11.3 Å². The summed E-state index contributed by atoms with van der Waals surface area (Å²) in [4.78, 5) is 2.87. The van der Waals surface area contributed by atoms with E-state index >= 15 is 0 Å². The fraction of sp³-hybridized carbons (Fsp3) is 0.125. The van der Waals surface area contributed by atoms with Gasteiger partial charge in [-0.05, 0) is 12.1 Å². The highest BCUT2D eigenvalue weighted by Gasteiger charge is 2.30. The molecular formula is C8H5F3N2. The second-order valence-corrected chi connectivity index (χ2v) is 2.38. The number of anilines is 1. The van der Waals surface area contributed by atoms with E-state index in [0.29, 0.717) is 0 Å². The zero-order valence-corrected chi connectivity index (χ0v) is 6.39. The predicted molar refractivity (Wildman–Crippen MR) is 42.1 cm³/mol. The Morgan fingerprint density at radius 2 is 1.92 bits per heavy atom. The van der Waals surface area contributed by atoms with Gasteiger partial charge in [0.2, 0.25) is 5.69 Å². The first-order chi connectivity index (χ1) is 5.95. The van der Waals surface area contributed by atoms with Gasteiger partial charge in [0.1, 0.15) is 0 Å². The molecule has 0 aliphatic heterocycles. The van der Waals surface area contributed by atoms with Crippen molar-refractivity contribution in [3.63, 3.8) is 0 Å². The fourth-order valence-electron chi connectivity index (χ4n) is 0.817. The number of nitrogen functional groups attached to an aromatic ring is 1. The molecule has 1 aromatic carbocycles. The molecule has 0 saturated carbocycles. The third-order valence-electron chi connectivity index (χ3n) is 1.48. The molecule has 0 bridgehead atoms. The summed E-state index contributed by atoms with van der Waals surface area (Å²) >= 11 is 0. The molecular weight excluding hydrogens is 181 g/mol. The van der Waals surface area contributed by atoms with Crippen molar-refractivity contribution < 1.29 is 13.2 Å². The van der Waals surface area contributed by atoms with Crippen LogP contribution in [-0.4, -0.2) is 0 Å². The third-order valence-corrected chi connectivity index (χ3v) is 1.48. The lowest BCUT2D eigenvalue weighted by molar-refractivity contribution is -0.137. The molecule has 13 heavy (non-hydrogen) atoms. The molecule has 0 aliphatic carbocycles. The van der Waals surface area contributed by atoms with E-state index in [4.69, 9.17) is 12.3 Å². The maximum atomic E-state index is 12.1. The van der Waals surface area contributed by atoms with Crippen molar-refractivity contribution in [1.82, 2.24) is 0 Å². The highest BCUT2D eigenvalue weighted by atomic mass is 19.4. The van der Waals surface area contributed by atoms with E-state index in [2.05, 4.69) is 4.85 Å². The van der Waals surface area contributed by atoms with Crippen molar-refractivity contribution in [2.45, 2.75) is 6.18 Å². The Morgan fingerprint density at radius 1 is 1.31 bits per heavy atom. The molecule has 0 spiro atoms. The molecule has 5 heteroatoms. The lowest BCUT2D eigenvalue weighted by Crippen LogP contribution is -2.04. The van der Waals surface area contributed by atoms with Crippen LogP contribution in [0.15, 0.2) is 18.2 Å². The number of hydrogen-bond donors (Lipinski definition) is 1. The van der Waals surface area contributed by atoms with E-state index in [-0.39, 0.29) is 11.4 Å². The molecule has 1 aromatic rings. The second-order valence-electron chi connectivity index (χ2n) is 2.38. The molecule has 0 heterocycles. The molecule has 68 valence electrons. The summed E-state index contributed by atoms with van der Waals surface area (Å²) in [5, 5.41) is 0. The van der Waals surface area contributed by atoms with Crippen LogP contribution in [0.25, 0.3) is 4.85 Å². The number of hydrogen-bond acceptors (Lipinski definition) is 1. The average molecular weight is 186 g/mol. The SMILES string of the molecule is [C-]#[N+]c1cc(C(F)(F)F)ccc1N. The van der Waals surface area contributed by atoms with Gasteiger partial charge in [0.05, 0.1) is 6.57 Å². The Kier molecular flexibility index (Phi) is 2.15. The molecule has 0 radical (unpaired) electrons. The minimum atomic E-state index is -4.42. The first-order valence-corrected chi connectivity index (χ1v) is 3.29. The Bertz CT molecular complexity index is 363. The van der Waals surface area contributed by atoms with Crippen molar-refractivity contribution in [3.05, 3.63) is 35.2 Å². The summed E-state index contributed by atoms with van der Waals surface area (Å²) in [5.41, 5.74) is 4.30. The normalized spacial score (nSPS) is 10.9. The highest BCUT2D eigenvalue weighted by molar-refractivity contribution is 5.67. The maximum absolute atomic E-state index is 12.1. The topological polar surface area (TPSA) is 30.4 Å².